The summed E-state index contributed by atoms with van der Waals surface area (Å²) in [5.41, 5.74) is 7.67. The van der Waals surface area contributed by atoms with Gasteiger partial charge in [0.05, 0.1) is 17.8 Å². The summed E-state index contributed by atoms with van der Waals surface area (Å²) in [6.07, 6.45) is 2.00. The Balaban J connectivity index is 3.03. The zero-order valence-electron chi connectivity index (χ0n) is 10.9. The zero-order valence-corrected chi connectivity index (χ0v) is 10.9. The molecule has 0 aliphatic rings. The number of hydrogen-bond donors (Lipinski definition) is 1. The number of nitrogens with zero attached hydrogens (tertiary/aromatic N) is 2. The van der Waals surface area contributed by atoms with Crippen LogP contribution in [0.15, 0.2) is 18.2 Å². The minimum absolute atomic E-state index is 0.151. The molecule has 0 saturated heterocycles. The van der Waals surface area contributed by atoms with Crippen molar-refractivity contribution < 1.29 is 4.79 Å². The fraction of sp³-hybridized carbons (Fsp3) is 0.429. The van der Waals surface area contributed by atoms with E-state index in [9.17, 15) is 4.79 Å². The van der Waals surface area contributed by atoms with Gasteiger partial charge in [0.15, 0.2) is 0 Å². The number of carbonyl (C=O) groups is 1. The molecule has 0 aliphatic heterocycles. The Bertz CT molecular complexity index is 463. The Hall–Kier alpha value is -2.02. The van der Waals surface area contributed by atoms with Gasteiger partial charge < -0.3 is 10.6 Å². The number of rotatable bonds is 6. The smallest absolute Gasteiger partial charge is 0.236 e. The molecule has 1 aromatic rings. The molecule has 0 radical (unpaired) electrons. The van der Waals surface area contributed by atoms with Crippen molar-refractivity contribution in [3.63, 3.8) is 0 Å². The first-order valence-electron chi connectivity index (χ1n) is 6.12. The lowest BCUT2D eigenvalue weighted by Gasteiger charge is -2.24. The fourth-order valence-electron chi connectivity index (χ4n) is 1.84. The summed E-state index contributed by atoms with van der Waals surface area (Å²) < 4.78 is 0. The lowest BCUT2D eigenvalue weighted by Crippen LogP contribution is -2.35. The van der Waals surface area contributed by atoms with E-state index in [1.54, 1.807) is 0 Å². The molecule has 96 valence electrons. The number of benzene rings is 1. The van der Waals surface area contributed by atoms with Crippen molar-refractivity contribution in [1.82, 2.24) is 0 Å². The van der Waals surface area contributed by atoms with Crippen LogP contribution in [-0.4, -0.2) is 19.0 Å². The van der Waals surface area contributed by atoms with E-state index in [2.05, 4.69) is 13.0 Å². The number of aryl methyl sites for hydroxylation is 1. The summed E-state index contributed by atoms with van der Waals surface area (Å²) >= 11 is 0. The van der Waals surface area contributed by atoms with Crippen LogP contribution in [0.3, 0.4) is 0 Å². The summed E-state index contributed by atoms with van der Waals surface area (Å²) in [4.78, 5) is 13.0. The van der Waals surface area contributed by atoms with Crippen molar-refractivity contribution in [2.75, 3.05) is 18.0 Å². The maximum Gasteiger partial charge on any atom is 0.236 e. The second-order valence-corrected chi connectivity index (χ2v) is 4.37. The predicted octanol–water partition coefficient (Wildman–Crippen LogP) is 1.96. The summed E-state index contributed by atoms with van der Waals surface area (Å²) in [7, 11) is 0. The third-order valence-electron chi connectivity index (χ3n) is 2.74. The molecular weight excluding hydrogens is 226 g/mol. The minimum atomic E-state index is -0.379. The molecule has 18 heavy (non-hydrogen) atoms. The summed E-state index contributed by atoms with van der Waals surface area (Å²) in [6, 6.07) is 7.82. The van der Waals surface area contributed by atoms with Gasteiger partial charge >= 0.3 is 0 Å². The lowest BCUT2D eigenvalue weighted by molar-refractivity contribution is -0.116. The molecule has 1 amide bonds. The predicted molar refractivity (Wildman–Crippen MR) is 72.2 cm³/mol. The summed E-state index contributed by atoms with van der Waals surface area (Å²) in [5.74, 6) is -0.379. The highest BCUT2D eigenvalue weighted by Crippen LogP contribution is 2.21. The molecule has 0 unspecified atom stereocenters. The first kappa shape index (κ1) is 14.0. The van der Waals surface area contributed by atoms with Crippen molar-refractivity contribution in [3.05, 3.63) is 29.3 Å². The third kappa shape index (κ3) is 3.77. The molecule has 1 rings (SSSR count). The number of nitriles is 1. The number of anilines is 1. The van der Waals surface area contributed by atoms with Gasteiger partial charge in [0, 0.05) is 6.54 Å². The van der Waals surface area contributed by atoms with Crippen LogP contribution in [0.1, 0.15) is 30.9 Å². The van der Waals surface area contributed by atoms with Gasteiger partial charge in [0.25, 0.3) is 0 Å². The van der Waals surface area contributed by atoms with Crippen LogP contribution in [0, 0.1) is 18.3 Å². The van der Waals surface area contributed by atoms with Gasteiger partial charge in [-0.05, 0) is 31.0 Å². The molecular formula is C14H19N3O. The maximum absolute atomic E-state index is 11.1. The highest BCUT2D eigenvalue weighted by Gasteiger charge is 2.13. The molecule has 0 atom stereocenters. The fourth-order valence-corrected chi connectivity index (χ4v) is 1.84. The number of hydrogen-bond acceptors (Lipinski definition) is 3. The SMILES string of the molecule is CCCCN(CC(N)=O)c1ccc(C)cc1C#N. The van der Waals surface area contributed by atoms with Crippen LogP contribution in [-0.2, 0) is 4.79 Å². The van der Waals surface area contributed by atoms with Crippen molar-refractivity contribution in [3.8, 4) is 6.07 Å². The Morgan fingerprint density at radius 2 is 2.22 bits per heavy atom. The van der Waals surface area contributed by atoms with Gasteiger partial charge in [0.2, 0.25) is 5.91 Å². The maximum atomic E-state index is 11.1. The quantitative estimate of drug-likeness (QED) is 0.832. The molecule has 0 aromatic heterocycles. The van der Waals surface area contributed by atoms with Crippen LogP contribution in [0.2, 0.25) is 0 Å². The molecule has 0 heterocycles. The van der Waals surface area contributed by atoms with Gasteiger partial charge in [0.1, 0.15) is 6.07 Å². The van der Waals surface area contributed by atoms with Crippen molar-refractivity contribution in [2.45, 2.75) is 26.7 Å². The normalized spacial score (nSPS) is 9.83. The molecule has 0 saturated carbocycles. The van der Waals surface area contributed by atoms with Crippen molar-refractivity contribution in [2.24, 2.45) is 5.73 Å². The van der Waals surface area contributed by atoms with Crippen molar-refractivity contribution in [1.29, 1.82) is 5.26 Å². The zero-order chi connectivity index (χ0) is 13.5. The third-order valence-corrected chi connectivity index (χ3v) is 2.74. The van der Waals surface area contributed by atoms with E-state index in [1.807, 2.05) is 30.0 Å². The highest BCUT2D eigenvalue weighted by atomic mass is 16.1. The molecule has 0 spiro atoms. The van der Waals surface area contributed by atoms with Gasteiger partial charge in [-0.1, -0.05) is 19.4 Å². The second kappa shape index (κ2) is 6.65. The number of nitrogens with two attached hydrogens (primary N) is 1. The Kier molecular flexibility index (Phi) is 5.19. The van der Waals surface area contributed by atoms with Crippen LogP contribution >= 0.6 is 0 Å². The van der Waals surface area contributed by atoms with Crippen LogP contribution in [0.5, 0.6) is 0 Å². The van der Waals surface area contributed by atoms with E-state index in [0.717, 1.165) is 30.6 Å². The van der Waals surface area contributed by atoms with E-state index in [-0.39, 0.29) is 12.5 Å². The largest absolute Gasteiger partial charge is 0.368 e. The first-order valence-corrected chi connectivity index (χ1v) is 6.12. The molecule has 4 heteroatoms. The topological polar surface area (TPSA) is 70.1 Å². The van der Waals surface area contributed by atoms with E-state index in [4.69, 9.17) is 11.0 Å². The molecule has 4 nitrogen and oxygen atoms in total. The van der Waals surface area contributed by atoms with Crippen molar-refractivity contribution >= 4 is 11.6 Å². The average Bonchev–Trinajstić information content (AvgIpc) is 2.34. The van der Waals surface area contributed by atoms with E-state index in [1.165, 1.54) is 0 Å². The minimum Gasteiger partial charge on any atom is -0.368 e. The summed E-state index contributed by atoms with van der Waals surface area (Å²) in [6.45, 7) is 4.91. The van der Waals surface area contributed by atoms with Crippen LogP contribution in [0.25, 0.3) is 0 Å². The van der Waals surface area contributed by atoms with E-state index >= 15 is 0 Å². The number of unbranched alkanes of at least 4 members (excludes halogenated alkanes) is 1. The second-order valence-electron chi connectivity index (χ2n) is 4.37. The van der Waals surface area contributed by atoms with Gasteiger partial charge in [-0.2, -0.15) is 5.26 Å². The van der Waals surface area contributed by atoms with E-state index in [0.29, 0.717) is 5.56 Å². The summed E-state index contributed by atoms with van der Waals surface area (Å²) in [5, 5.41) is 9.16. The standard InChI is InChI=1S/C14H19N3O/c1-3-4-7-17(10-14(16)18)13-6-5-11(2)8-12(13)9-15/h5-6,8H,3-4,7,10H2,1-2H3,(H2,16,18). The first-order chi connectivity index (χ1) is 8.58. The average molecular weight is 245 g/mol. The van der Waals surface area contributed by atoms with Gasteiger partial charge in [-0.3, -0.25) is 4.79 Å². The Morgan fingerprint density at radius 1 is 1.50 bits per heavy atom. The van der Waals surface area contributed by atoms with Crippen LogP contribution in [0.4, 0.5) is 5.69 Å². The molecule has 1 aromatic carbocycles. The highest BCUT2D eigenvalue weighted by molar-refractivity contribution is 5.80. The number of amides is 1. The Morgan fingerprint density at radius 3 is 2.78 bits per heavy atom. The van der Waals surface area contributed by atoms with Crippen LogP contribution < -0.4 is 10.6 Å². The van der Waals surface area contributed by atoms with Gasteiger partial charge in [-0.15, -0.1) is 0 Å². The van der Waals surface area contributed by atoms with E-state index < -0.39 is 0 Å². The van der Waals surface area contributed by atoms with Gasteiger partial charge in [-0.25, -0.2) is 0 Å². The molecule has 0 fully saturated rings. The number of carbonyl (C=O) groups excluding carboxylic acids is 1. The monoisotopic (exact) mass is 245 g/mol. The molecule has 0 aliphatic carbocycles. The lowest BCUT2D eigenvalue weighted by atomic mass is 10.1. The molecule has 0 bridgehead atoms. The molecule has 2 N–H and O–H groups in total. The number of primary amides is 1. The Labute approximate surface area is 108 Å².